The molecule has 2 fully saturated rings. The Morgan fingerprint density at radius 1 is 1.36 bits per heavy atom. The fourth-order valence-corrected chi connectivity index (χ4v) is 2.63. The van der Waals surface area contributed by atoms with E-state index in [1.165, 1.54) is 25.7 Å². The standard InChI is InChI=1S/C9H15NO/c1-7(11)10-6-5-8-3-2-4-9(8)10/h8-9H,2-6H2,1H3. The molecule has 1 amide bonds. The lowest BCUT2D eigenvalue weighted by Crippen LogP contribution is -2.33. The molecule has 62 valence electrons. The largest absolute Gasteiger partial charge is 0.340 e. The van der Waals surface area contributed by atoms with Gasteiger partial charge in [0.1, 0.15) is 0 Å². The van der Waals surface area contributed by atoms with E-state index in [-0.39, 0.29) is 5.91 Å². The quantitative estimate of drug-likeness (QED) is 0.515. The van der Waals surface area contributed by atoms with Gasteiger partial charge in [0, 0.05) is 19.5 Å². The third-order valence-electron chi connectivity index (χ3n) is 3.16. The number of nitrogens with zero attached hydrogens (tertiary/aromatic N) is 1. The summed E-state index contributed by atoms with van der Waals surface area (Å²) in [7, 11) is 0. The third kappa shape index (κ3) is 1.05. The van der Waals surface area contributed by atoms with Crippen molar-refractivity contribution in [3.8, 4) is 0 Å². The van der Waals surface area contributed by atoms with Crippen LogP contribution < -0.4 is 0 Å². The minimum atomic E-state index is 0.277. The zero-order valence-electron chi connectivity index (χ0n) is 7.05. The van der Waals surface area contributed by atoms with Gasteiger partial charge in [0.05, 0.1) is 0 Å². The first-order chi connectivity index (χ1) is 5.29. The van der Waals surface area contributed by atoms with Gasteiger partial charge in [0.2, 0.25) is 5.91 Å². The van der Waals surface area contributed by atoms with Crippen LogP contribution in [0.4, 0.5) is 0 Å². The molecule has 1 saturated heterocycles. The van der Waals surface area contributed by atoms with E-state index in [0.29, 0.717) is 6.04 Å². The van der Waals surface area contributed by atoms with Gasteiger partial charge in [0.25, 0.3) is 0 Å². The molecule has 11 heavy (non-hydrogen) atoms. The summed E-state index contributed by atoms with van der Waals surface area (Å²) < 4.78 is 0. The van der Waals surface area contributed by atoms with Crippen molar-refractivity contribution in [1.82, 2.24) is 4.90 Å². The van der Waals surface area contributed by atoms with E-state index in [4.69, 9.17) is 0 Å². The van der Waals surface area contributed by atoms with Crippen molar-refractivity contribution in [1.29, 1.82) is 0 Å². The van der Waals surface area contributed by atoms with Gasteiger partial charge in [-0.3, -0.25) is 4.79 Å². The second-order valence-electron chi connectivity index (χ2n) is 3.76. The molecule has 0 bridgehead atoms. The molecule has 2 heteroatoms. The zero-order chi connectivity index (χ0) is 7.84. The van der Waals surface area contributed by atoms with Crippen molar-refractivity contribution in [2.24, 2.45) is 5.92 Å². The maximum absolute atomic E-state index is 11.1. The van der Waals surface area contributed by atoms with E-state index < -0.39 is 0 Å². The SMILES string of the molecule is CC(=O)N1CCC2CCCC21. The summed E-state index contributed by atoms with van der Waals surface area (Å²) in [6.07, 6.45) is 5.20. The minimum Gasteiger partial charge on any atom is -0.340 e. The van der Waals surface area contributed by atoms with Crippen molar-refractivity contribution in [3.05, 3.63) is 0 Å². The van der Waals surface area contributed by atoms with Crippen LogP contribution in [0.5, 0.6) is 0 Å². The number of carbonyl (C=O) groups is 1. The Bertz CT molecular complexity index is 178. The molecule has 1 saturated carbocycles. The molecule has 1 heterocycles. The lowest BCUT2D eigenvalue weighted by molar-refractivity contribution is -0.129. The van der Waals surface area contributed by atoms with E-state index in [2.05, 4.69) is 4.90 Å². The van der Waals surface area contributed by atoms with Crippen LogP contribution in [-0.4, -0.2) is 23.4 Å². The highest BCUT2D eigenvalue weighted by Gasteiger charge is 2.38. The monoisotopic (exact) mass is 153 g/mol. The van der Waals surface area contributed by atoms with Crippen LogP contribution in [0.3, 0.4) is 0 Å². The highest BCUT2D eigenvalue weighted by molar-refractivity contribution is 5.74. The van der Waals surface area contributed by atoms with Crippen molar-refractivity contribution in [2.75, 3.05) is 6.54 Å². The van der Waals surface area contributed by atoms with Crippen LogP contribution in [0.2, 0.25) is 0 Å². The van der Waals surface area contributed by atoms with Crippen molar-refractivity contribution in [3.63, 3.8) is 0 Å². The molecular formula is C9H15NO. The summed E-state index contributed by atoms with van der Waals surface area (Å²) in [5, 5.41) is 0. The smallest absolute Gasteiger partial charge is 0.219 e. The van der Waals surface area contributed by atoms with Gasteiger partial charge in [-0.05, 0) is 25.2 Å². The van der Waals surface area contributed by atoms with Gasteiger partial charge < -0.3 is 4.90 Å². The molecule has 1 aliphatic heterocycles. The van der Waals surface area contributed by atoms with Crippen molar-refractivity contribution in [2.45, 2.75) is 38.6 Å². The molecule has 2 nitrogen and oxygen atoms in total. The second kappa shape index (κ2) is 2.50. The Morgan fingerprint density at radius 3 is 2.91 bits per heavy atom. The van der Waals surface area contributed by atoms with Gasteiger partial charge in [-0.15, -0.1) is 0 Å². The van der Waals surface area contributed by atoms with Crippen LogP contribution in [0, 0.1) is 5.92 Å². The third-order valence-corrected chi connectivity index (χ3v) is 3.16. The van der Waals surface area contributed by atoms with Crippen LogP contribution in [0.1, 0.15) is 32.6 Å². The van der Waals surface area contributed by atoms with Gasteiger partial charge in [-0.25, -0.2) is 0 Å². The molecule has 2 atom stereocenters. The minimum absolute atomic E-state index is 0.277. The Labute approximate surface area is 67.6 Å². The normalized spacial score (nSPS) is 35.9. The molecule has 2 aliphatic rings. The molecule has 0 aromatic carbocycles. The molecule has 1 aliphatic carbocycles. The lowest BCUT2D eigenvalue weighted by atomic mass is 10.1. The Morgan fingerprint density at radius 2 is 2.18 bits per heavy atom. The number of carbonyl (C=O) groups excluding carboxylic acids is 1. The second-order valence-corrected chi connectivity index (χ2v) is 3.76. The van der Waals surface area contributed by atoms with Crippen LogP contribution >= 0.6 is 0 Å². The van der Waals surface area contributed by atoms with Crippen molar-refractivity contribution < 1.29 is 4.79 Å². The van der Waals surface area contributed by atoms with Crippen LogP contribution in [-0.2, 0) is 4.79 Å². The number of hydrogen-bond donors (Lipinski definition) is 0. The van der Waals surface area contributed by atoms with E-state index in [1.807, 2.05) is 0 Å². The number of rotatable bonds is 0. The lowest BCUT2D eigenvalue weighted by Gasteiger charge is -2.21. The molecule has 2 rings (SSSR count). The fraction of sp³-hybridized carbons (Fsp3) is 0.889. The highest BCUT2D eigenvalue weighted by Crippen LogP contribution is 2.37. The van der Waals surface area contributed by atoms with Gasteiger partial charge in [-0.1, -0.05) is 6.42 Å². The highest BCUT2D eigenvalue weighted by atomic mass is 16.2. The number of fused-ring (bicyclic) bond motifs is 1. The summed E-state index contributed by atoms with van der Waals surface area (Å²) in [6, 6.07) is 0.618. The first-order valence-electron chi connectivity index (χ1n) is 4.56. The first-order valence-corrected chi connectivity index (χ1v) is 4.56. The molecule has 2 unspecified atom stereocenters. The molecule has 0 N–H and O–H groups in total. The first kappa shape index (κ1) is 7.14. The number of hydrogen-bond acceptors (Lipinski definition) is 1. The average Bonchev–Trinajstić information content (AvgIpc) is 2.41. The maximum atomic E-state index is 11.1. The predicted molar refractivity (Wildman–Crippen MR) is 43.1 cm³/mol. The number of likely N-dealkylation sites (tertiary alicyclic amines) is 1. The Hall–Kier alpha value is -0.530. The summed E-state index contributed by atoms with van der Waals surface area (Å²) in [5.41, 5.74) is 0. The topological polar surface area (TPSA) is 20.3 Å². The zero-order valence-corrected chi connectivity index (χ0v) is 7.05. The fourth-order valence-electron chi connectivity index (χ4n) is 2.63. The molecule has 0 aromatic rings. The van der Waals surface area contributed by atoms with Crippen LogP contribution in [0.15, 0.2) is 0 Å². The van der Waals surface area contributed by atoms with E-state index >= 15 is 0 Å². The molecular weight excluding hydrogens is 138 g/mol. The maximum Gasteiger partial charge on any atom is 0.219 e. The summed E-state index contributed by atoms with van der Waals surface area (Å²) >= 11 is 0. The van der Waals surface area contributed by atoms with Gasteiger partial charge in [0.15, 0.2) is 0 Å². The van der Waals surface area contributed by atoms with Crippen LogP contribution in [0.25, 0.3) is 0 Å². The molecule has 0 spiro atoms. The summed E-state index contributed by atoms with van der Waals surface area (Å²) in [6.45, 7) is 2.71. The van der Waals surface area contributed by atoms with Gasteiger partial charge in [-0.2, -0.15) is 0 Å². The Kier molecular flexibility index (Phi) is 1.63. The van der Waals surface area contributed by atoms with E-state index in [0.717, 1.165) is 12.5 Å². The predicted octanol–water partition coefficient (Wildman–Crippen LogP) is 1.41. The average molecular weight is 153 g/mol. The van der Waals surface area contributed by atoms with Gasteiger partial charge >= 0.3 is 0 Å². The molecule has 0 aromatic heterocycles. The van der Waals surface area contributed by atoms with E-state index in [1.54, 1.807) is 6.92 Å². The molecule has 0 radical (unpaired) electrons. The van der Waals surface area contributed by atoms with Crippen molar-refractivity contribution >= 4 is 5.91 Å². The Balaban J connectivity index is 2.08. The number of amides is 1. The van der Waals surface area contributed by atoms with E-state index in [9.17, 15) is 4.79 Å². The summed E-state index contributed by atoms with van der Waals surface area (Å²) in [5.74, 6) is 1.12. The summed E-state index contributed by atoms with van der Waals surface area (Å²) in [4.78, 5) is 13.2.